The minimum atomic E-state index is -0.371. The standard InChI is InChI=1S/C13H17FN2O2/c1-13(2)9-15(6-5-14)8-10-3-4-11(16(17)18)7-12(10)13/h3-4,7H,5-6,8-9H2,1-2H3. The maximum Gasteiger partial charge on any atom is 0.269 e. The van der Waals surface area contributed by atoms with Crippen LogP contribution in [0.4, 0.5) is 10.1 Å². The summed E-state index contributed by atoms with van der Waals surface area (Å²) in [6.45, 7) is 5.53. The molecule has 0 spiro atoms. The first kappa shape index (κ1) is 13.0. The lowest BCUT2D eigenvalue weighted by Crippen LogP contribution is -2.42. The number of nitrogens with zero attached hydrogens (tertiary/aromatic N) is 2. The van der Waals surface area contributed by atoms with E-state index in [1.807, 2.05) is 18.7 Å². The van der Waals surface area contributed by atoms with Crippen molar-refractivity contribution in [1.29, 1.82) is 0 Å². The summed E-state index contributed by atoms with van der Waals surface area (Å²) in [5.41, 5.74) is 2.01. The first-order valence-electron chi connectivity index (χ1n) is 6.00. The number of alkyl halides is 1. The number of benzene rings is 1. The van der Waals surface area contributed by atoms with Gasteiger partial charge in [0.1, 0.15) is 6.67 Å². The van der Waals surface area contributed by atoms with Gasteiger partial charge >= 0.3 is 0 Å². The van der Waals surface area contributed by atoms with Crippen molar-refractivity contribution in [3.8, 4) is 0 Å². The number of fused-ring (bicyclic) bond motifs is 1. The first-order chi connectivity index (χ1) is 8.44. The summed E-state index contributed by atoms with van der Waals surface area (Å²) in [5, 5.41) is 10.8. The molecule has 0 aromatic heterocycles. The van der Waals surface area contributed by atoms with Gasteiger partial charge in [0, 0.05) is 37.2 Å². The molecule has 5 heteroatoms. The van der Waals surface area contributed by atoms with E-state index in [9.17, 15) is 14.5 Å². The highest BCUT2D eigenvalue weighted by molar-refractivity contribution is 5.44. The summed E-state index contributed by atoms with van der Waals surface area (Å²) in [6, 6.07) is 4.97. The van der Waals surface area contributed by atoms with Crippen molar-refractivity contribution in [2.24, 2.45) is 0 Å². The number of hydrogen-bond acceptors (Lipinski definition) is 3. The molecule has 0 saturated carbocycles. The average Bonchev–Trinajstić information content (AvgIpc) is 2.28. The maximum absolute atomic E-state index is 12.4. The second kappa shape index (κ2) is 4.65. The van der Waals surface area contributed by atoms with Crippen molar-refractivity contribution < 1.29 is 9.31 Å². The Labute approximate surface area is 106 Å². The fourth-order valence-corrected chi connectivity index (χ4v) is 2.66. The zero-order valence-corrected chi connectivity index (χ0v) is 10.6. The first-order valence-corrected chi connectivity index (χ1v) is 6.00. The Hall–Kier alpha value is -1.49. The predicted octanol–water partition coefficient (Wildman–Crippen LogP) is 2.66. The van der Waals surface area contributed by atoms with E-state index in [0.29, 0.717) is 13.1 Å². The molecule has 1 aliphatic heterocycles. The Morgan fingerprint density at radius 2 is 2.22 bits per heavy atom. The molecule has 0 saturated heterocycles. The van der Waals surface area contributed by atoms with Crippen LogP contribution < -0.4 is 0 Å². The minimum absolute atomic E-state index is 0.126. The van der Waals surface area contributed by atoms with Crippen molar-refractivity contribution in [3.05, 3.63) is 39.4 Å². The summed E-state index contributed by atoms with van der Waals surface area (Å²) in [5.74, 6) is 0. The molecule has 18 heavy (non-hydrogen) atoms. The lowest BCUT2D eigenvalue weighted by molar-refractivity contribution is -0.385. The summed E-state index contributed by atoms with van der Waals surface area (Å²) in [4.78, 5) is 12.5. The third-order valence-corrected chi connectivity index (χ3v) is 3.45. The molecule has 0 atom stereocenters. The van der Waals surface area contributed by atoms with E-state index >= 15 is 0 Å². The van der Waals surface area contributed by atoms with E-state index in [1.165, 1.54) is 6.07 Å². The topological polar surface area (TPSA) is 46.4 Å². The summed E-state index contributed by atoms with van der Waals surface area (Å²) in [7, 11) is 0. The molecule has 4 nitrogen and oxygen atoms in total. The van der Waals surface area contributed by atoms with Gasteiger partial charge in [0.25, 0.3) is 5.69 Å². The number of nitro groups is 1. The van der Waals surface area contributed by atoms with Crippen molar-refractivity contribution in [3.63, 3.8) is 0 Å². The van der Waals surface area contributed by atoms with Gasteiger partial charge in [-0.05, 0) is 11.1 Å². The van der Waals surface area contributed by atoms with Crippen molar-refractivity contribution in [2.75, 3.05) is 19.8 Å². The Morgan fingerprint density at radius 1 is 1.50 bits per heavy atom. The Kier molecular flexibility index (Phi) is 3.34. The van der Waals surface area contributed by atoms with Gasteiger partial charge in [0.05, 0.1) is 4.92 Å². The van der Waals surface area contributed by atoms with Gasteiger partial charge in [-0.15, -0.1) is 0 Å². The van der Waals surface area contributed by atoms with Gasteiger partial charge in [0.15, 0.2) is 0 Å². The molecule has 0 bridgehead atoms. The highest BCUT2D eigenvalue weighted by Crippen LogP contribution is 2.35. The van der Waals surface area contributed by atoms with Gasteiger partial charge in [0.2, 0.25) is 0 Å². The number of rotatable bonds is 3. The van der Waals surface area contributed by atoms with Crippen LogP contribution in [0.5, 0.6) is 0 Å². The van der Waals surface area contributed by atoms with Crippen molar-refractivity contribution in [1.82, 2.24) is 4.90 Å². The molecule has 1 heterocycles. The highest BCUT2D eigenvalue weighted by Gasteiger charge is 2.32. The van der Waals surface area contributed by atoms with E-state index in [-0.39, 0.29) is 22.7 Å². The minimum Gasteiger partial charge on any atom is -0.296 e. The SMILES string of the molecule is CC1(C)CN(CCF)Cc2ccc([N+](=O)[O-])cc21. The van der Waals surface area contributed by atoms with Crippen LogP contribution in [0.15, 0.2) is 18.2 Å². The third-order valence-electron chi connectivity index (χ3n) is 3.45. The van der Waals surface area contributed by atoms with Crippen LogP contribution in [0.25, 0.3) is 0 Å². The quantitative estimate of drug-likeness (QED) is 0.613. The Bertz CT molecular complexity index is 474. The Morgan fingerprint density at radius 3 is 2.83 bits per heavy atom. The monoisotopic (exact) mass is 252 g/mol. The van der Waals surface area contributed by atoms with Crippen LogP contribution in [0.2, 0.25) is 0 Å². The molecule has 0 fully saturated rings. The molecular weight excluding hydrogens is 235 g/mol. The molecule has 0 N–H and O–H groups in total. The lowest BCUT2D eigenvalue weighted by atomic mass is 9.78. The zero-order valence-electron chi connectivity index (χ0n) is 10.6. The fourth-order valence-electron chi connectivity index (χ4n) is 2.66. The van der Waals surface area contributed by atoms with Crippen LogP contribution >= 0.6 is 0 Å². The smallest absolute Gasteiger partial charge is 0.269 e. The van der Waals surface area contributed by atoms with Crippen LogP contribution in [0.1, 0.15) is 25.0 Å². The molecule has 0 unspecified atom stereocenters. The van der Waals surface area contributed by atoms with E-state index in [1.54, 1.807) is 12.1 Å². The lowest BCUT2D eigenvalue weighted by Gasteiger charge is -2.39. The third kappa shape index (κ3) is 2.36. The molecule has 0 aliphatic carbocycles. The van der Waals surface area contributed by atoms with E-state index in [4.69, 9.17) is 0 Å². The summed E-state index contributed by atoms with van der Waals surface area (Å²) >= 11 is 0. The van der Waals surface area contributed by atoms with Gasteiger partial charge in [-0.3, -0.25) is 15.0 Å². The molecule has 1 aliphatic rings. The predicted molar refractivity (Wildman–Crippen MR) is 67.4 cm³/mol. The fraction of sp³-hybridized carbons (Fsp3) is 0.538. The highest BCUT2D eigenvalue weighted by atomic mass is 19.1. The number of halogens is 1. The van der Waals surface area contributed by atoms with E-state index < -0.39 is 0 Å². The van der Waals surface area contributed by atoms with Gasteiger partial charge in [-0.25, -0.2) is 4.39 Å². The number of hydrogen-bond donors (Lipinski definition) is 0. The second-order valence-electron chi connectivity index (χ2n) is 5.38. The van der Waals surface area contributed by atoms with E-state index in [0.717, 1.165) is 17.7 Å². The average molecular weight is 252 g/mol. The summed E-state index contributed by atoms with van der Waals surface area (Å²) in [6.07, 6.45) is 0. The molecule has 0 radical (unpaired) electrons. The molecule has 1 aromatic rings. The van der Waals surface area contributed by atoms with Crippen LogP contribution in [-0.2, 0) is 12.0 Å². The van der Waals surface area contributed by atoms with Crippen LogP contribution in [0, 0.1) is 10.1 Å². The van der Waals surface area contributed by atoms with Crippen molar-refractivity contribution >= 4 is 5.69 Å². The number of non-ortho nitro benzene ring substituents is 1. The normalized spacial score (nSPS) is 18.4. The Balaban J connectivity index is 2.39. The molecule has 1 aromatic carbocycles. The molecular formula is C13H17FN2O2. The van der Waals surface area contributed by atoms with Crippen LogP contribution in [-0.4, -0.2) is 29.6 Å². The maximum atomic E-state index is 12.4. The molecule has 0 amide bonds. The van der Waals surface area contributed by atoms with Crippen LogP contribution in [0.3, 0.4) is 0 Å². The molecule has 98 valence electrons. The second-order valence-corrected chi connectivity index (χ2v) is 5.38. The number of nitro benzene ring substituents is 1. The van der Waals surface area contributed by atoms with E-state index in [2.05, 4.69) is 0 Å². The van der Waals surface area contributed by atoms with Crippen molar-refractivity contribution in [2.45, 2.75) is 25.8 Å². The molecule has 2 rings (SSSR count). The largest absolute Gasteiger partial charge is 0.296 e. The zero-order chi connectivity index (χ0) is 13.3. The van der Waals surface area contributed by atoms with Gasteiger partial charge in [-0.2, -0.15) is 0 Å². The van der Waals surface area contributed by atoms with Gasteiger partial charge in [-0.1, -0.05) is 19.9 Å². The van der Waals surface area contributed by atoms with Gasteiger partial charge < -0.3 is 0 Å². The summed E-state index contributed by atoms with van der Waals surface area (Å²) < 4.78 is 12.4.